The second kappa shape index (κ2) is 6.83. The summed E-state index contributed by atoms with van der Waals surface area (Å²) in [6.45, 7) is 3.10. The van der Waals surface area contributed by atoms with Crippen molar-refractivity contribution in [2.75, 3.05) is 0 Å². The molecule has 0 aliphatic carbocycles. The van der Waals surface area contributed by atoms with Gasteiger partial charge in [-0.2, -0.15) is 0 Å². The predicted octanol–water partition coefficient (Wildman–Crippen LogP) is 4.41. The van der Waals surface area contributed by atoms with E-state index in [1.165, 1.54) is 15.3 Å². The first-order chi connectivity index (χ1) is 10.3. The Bertz CT molecular complexity index is 658. The van der Waals surface area contributed by atoms with E-state index in [0.29, 0.717) is 6.04 Å². The first-order valence-corrected chi connectivity index (χ1v) is 8.24. The lowest BCUT2D eigenvalue weighted by Gasteiger charge is -2.12. The van der Waals surface area contributed by atoms with Crippen molar-refractivity contribution in [1.82, 2.24) is 10.3 Å². The molecule has 0 amide bonds. The van der Waals surface area contributed by atoms with Gasteiger partial charge in [0, 0.05) is 12.6 Å². The van der Waals surface area contributed by atoms with Gasteiger partial charge < -0.3 is 5.32 Å². The molecule has 0 spiro atoms. The van der Waals surface area contributed by atoms with Gasteiger partial charge in [-0.25, -0.2) is 4.98 Å². The highest BCUT2D eigenvalue weighted by atomic mass is 32.1. The number of nitrogens with one attached hydrogen (secondary N) is 1. The van der Waals surface area contributed by atoms with Gasteiger partial charge in [0.05, 0.1) is 10.2 Å². The summed E-state index contributed by atoms with van der Waals surface area (Å²) in [6.07, 6.45) is 2.27. The Morgan fingerprint density at radius 3 is 2.62 bits per heavy atom. The number of rotatable bonds is 6. The van der Waals surface area contributed by atoms with Crippen LogP contribution in [0, 0.1) is 0 Å². The Hall–Kier alpha value is -1.71. The van der Waals surface area contributed by atoms with Crippen LogP contribution in [0.5, 0.6) is 0 Å². The van der Waals surface area contributed by atoms with Crippen molar-refractivity contribution < 1.29 is 0 Å². The Labute approximate surface area is 129 Å². The number of nitrogens with zero attached hydrogens (tertiary/aromatic N) is 1. The molecule has 21 heavy (non-hydrogen) atoms. The van der Waals surface area contributed by atoms with Crippen LogP contribution in [0.15, 0.2) is 54.6 Å². The number of hydrogen-bond donors (Lipinski definition) is 1. The van der Waals surface area contributed by atoms with E-state index in [-0.39, 0.29) is 0 Å². The standard InChI is InChI=1S/C18H20N2S/c1-14(11-12-15-7-3-2-4-8-15)19-13-18-20-16-9-5-6-10-17(16)21-18/h2-10,14,19H,11-13H2,1H3. The first kappa shape index (κ1) is 14.2. The van der Waals surface area contributed by atoms with E-state index in [2.05, 4.69) is 65.8 Å². The molecular weight excluding hydrogens is 276 g/mol. The number of aromatic nitrogens is 1. The number of hydrogen-bond acceptors (Lipinski definition) is 3. The molecule has 0 aliphatic rings. The van der Waals surface area contributed by atoms with Gasteiger partial charge in [-0.1, -0.05) is 42.5 Å². The highest BCUT2D eigenvalue weighted by Gasteiger charge is 2.06. The average Bonchev–Trinajstić information content (AvgIpc) is 2.95. The van der Waals surface area contributed by atoms with E-state index in [1.807, 2.05) is 6.07 Å². The summed E-state index contributed by atoms with van der Waals surface area (Å²) in [5, 5.41) is 4.75. The normalized spacial score (nSPS) is 12.6. The highest BCUT2D eigenvalue weighted by Crippen LogP contribution is 2.21. The van der Waals surface area contributed by atoms with Crippen molar-refractivity contribution in [2.45, 2.75) is 32.4 Å². The number of thiazole rings is 1. The molecule has 0 fully saturated rings. The number of fused-ring (bicyclic) bond motifs is 1. The van der Waals surface area contributed by atoms with Crippen LogP contribution in [-0.4, -0.2) is 11.0 Å². The van der Waals surface area contributed by atoms with Crippen LogP contribution in [0.2, 0.25) is 0 Å². The highest BCUT2D eigenvalue weighted by molar-refractivity contribution is 7.18. The Morgan fingerprint density at radius 2 is 1.81 bits per heavy atom. The molecule has 1 unspecified atom stereocenters. The predicted molar refractivity (Wildman–Crippen MR) is 90.7 cm³/mol. The summed E-state index contributed by atoms with van der Waals surface area (Å²) in [5.41, 5.74) is 2.52. The molecule has 3 heteroatoms. The third-order valence-electron chi connectivity index (χ3n) is 3.65. The van der Waals surface area contributed by atoms with Gasteiger partial charge in [0.25, 0.3) is 0 Å². The third-order valence-corrected chi connectivity index (χ3v) is 4.69. The maximum Gasteiger partial charge on any atom is 0.108 e. The van der Waals surface area contributed by atoms with Crippen LogP contribution in [0.3, 0.4) is 0 Å². The average molecular weight is 296 g/mol. The van der Waals surface area contributed by atoms with Gasteiger partial charge in [-0.05, 0) is 37.5 Å². The van der Waals surface area contributed by atoms with Gasteiger partial charge in [0.2, 0.25) is 0 Å². The Balaban J connectivity index is 1.50. The third kappa shape index (κ3) is 3.90. The molecule has 0 saturated heterocycles. The second-order valence-corrected chi connectivity index (χ2v) is 6.50. The maximum absolute atomic E-state index is 4.66. The summed E-state index contributed by atoms with van der Waals surface area (Å²) >= 11 is 1.78. The zero-order valence-electron chi connectivity index (χ0n) is 12.3. The van der Waals surface area contributed by atoms with Gasteiger partial charge in [0.15, 0.2) is 0 Å². The largest absolute Gasteiger partial charge is 0.308 e. The van der Waals surface area contributed by atoms with Gasteiger partial charge in [0.1, 0.15) is 5.01 Å². The molecule has 0 bridgehead atoms. The topological polar surface area (TPSA) is 24.9 Å². The van der Waals surface area contributed by atoms with Crippen LogP contribution in [0.4, 0.5) is 0 Å². The fourth-order valence-electron chi connectivity index (χ4n) is 2.39. The zero-order chi connectivity index (χ0) is 14.5. The van der Waals surface area contributed by atoms with E-state index in [1.54, 1.807) is 11.3 Å². The molecule has 1 aromatic heterocycles. The minimum atomic E-state index is 0.497. The second-order valence-electron chi connectivity index (χ2n) is 5.38. The summed E-state index contributed by atoms with van der Waals surface area (Å²) in [6, 6.07) is 19.5. The molecule has 2 aromatic carbocycles. The minimum Gasteiger partial charge on any atom is -0.308 e. The molecule has 108 valence electrons. The molecule has 0 radical (unpaired) electrons. The van der Waals surface area contributed by atoms with E-state index in [0.717, 1.165) is 24.9 Å². The quantitative estimate of drug-likeness (QED) is 0.729. The summed E-state index contributed by atoms with van der Waals surface area (Å²) < 4.78 is 1.27. The van der Waals surface area contributed by atoms with Crippen LogP contribution < -0.4 is 5.32 Å². The number of para-hydroxylation sites is 1. The molecule has 1 atom stereocenters. The molecule has 2 nitrogen and oxygen atoms in total. The molecular formula is C18H20N2S. The summed E-state index contributed by atoms with van der Waals surface area (Å²) in [4.78, 5) is 4.66. The van der Waals surface area contributed by atoms with Crippen LogP contribution in [0.1, 0.15) is 23.9 Å². The number of benzene rings is 2. The first-order valence-electron chi connectivity index (χ1n) is 7.43. The SMILES string of the molecule is CC(CCc1ccccc1)NCc1nc2ccccc2s1. The van der Waals surface area contributed by atoms with Crippen molar-refractivity contribution >= 4 is 21.6 Å². The fourth-order valence-corrected chi connectivity index (χ4v) is 3.31. The van der Waals surface area contributed by atoms with Crippen LogP contribution in [0.25, 0.3) is 10.2 Å². The van der Waals surface area contributed by atoms with Crippen molar-refractivity contribution in [3.8, 4) is 0 Å². The monoisotopic (exact) mass is 296 g/mol. The van der Waals surface area contributed by atoms with E-state index in [9.17, 15) is 0 Å². The molecule has 1 N–H and O–H groups in total. The lowest BCUT2D eigenvalue weighted by Crippen LogP contribution is -2.25. The maximum atomic E-state index is 4.66. The van der Waals surface area contributed by atoms with Gasteiger partial charge in [-0.3, -0.25) is 0 Å². The smallest absolute Gasteiger partial charge is 0.108 e. The molecule has 3 aromatic rings. The lowest BCUT2D eigenvalue weighted by molar-refractivity contribution is 0.513. The van der Waals surface area contributed by atoms with E-state index < -0.39 is 0 Å². The van der Waals surface area contributed by atoms with Crippen molar-refractivity contribution in [3.05, 3.63) is 65.2 Å². The zero-order valence-corrected chi connectivity index (χ0v) is 13.1. The van der Waals surface area contributed by atoms with Crippen LogP contribution in [-0.2, 0) is 13.0 Å². The Kier molecular flexibility index (Phi) is 4.63. The molecule has 0 saturated carbocycles. The lowest BCUT2D eigenvalue weighted by atomic mass is 10.1. The summed E-state index contributed by atoms with van der Waals surface area (Å²) in [7, 11) is 0. The van der Waals surface area contributed by atoms with E-state index >= 15 is 0 Å². The number of aryl methyl sites for hydroxylation is 1. The van der Waals surface area contributed by atoms with Gasteiger partial charge in [-0.15, -0.1) is 11.3 Å². The molecule has 0 aliphatic heterocycles. The van der Waals surface area contributed by atoms with Crippen LogP contribution >= 0.6 is 11.3 Å². The Morgan fingerprint density at radius 1 is 1.05 bits per heavy atom. The van der Waals surface area contributed by atoms with Crippen molar-refractivity contribution in [1.29, 1.82) is 0 Å². The van der Waals surface area contributed by atoms with Gasteiger partial charge >= 0.3 is 0 Å². The van der Waals surface area contributed by atoms with Crippen molar-refractivity contribution in [3.63, 3.8) is 0 Å². The molecule has 1 heterocycles. The van der Waals surface area contributed by atoms with Crippen molar-refractivity contribution in [2.24, 2.45) is 0 Å². The minimum absolute atomic E-state index is 0.497. The fraction of sp³-hybridized carbons (Fsp3) is 0.278. The molecule has 3 rings (SSSR count). The van der Waals surface area contributed by atoms with E-state index in [4.69, 9.17) is 0 Å². The summed E-state index contributed by atoms with van der Waals surface area (Å²) in [5.74, 6) is 0.